The highest BCUT2D eigenvalue weighted by Gasteiger charge is 2.19. The molecule has 21 heavy (non-hydrogen) atoms. The van der Waals surface area contributed by atoms with E-state index in [0.29, 0.717) is 17.1 Å². The fraction of sp³-hybridized carbons (Fsp3) is 0. The molecule has 2 aromatic heterocycles. The van der Waals surface area contributed by atoms with E-state index in [0.717, 1.165) is 10.0 Å². The minimum atomic E-state index is 0.256. The summed E-state index contributed by atoms with van der Waals surface area (Å²) in [5.74, 6) is 0.557. The standard InChI is InChI=1S/C15H8BrClN4/c16-11-6-7-13(19-9-11)21-15(17)12(8-18)14(20-21)10-4-2-1-3-5-10/h1-7,9H. The van der Waals surface area contributed by atoms with Gasteiger partial charge >= 0.3 is 0 Å². The maximum Gasteiger partial charge on any atom is 0.155 e. The van der Waals surface area contributed by atoms with Crippen molar-refractivity contribution in [2.45, 2.75) is 0 Å². The molecule has 0 aliphatic heterocycles. The van der Waals surface area contributed by atoms with Crippen LogP contribution in [0.3, 0.4) is 0 Å². The van der Waals surface area contributed by atoms with Gasteiger partial charge in [-0.15, -0.1) is 0 Å². The predicted molar refractivity (Wildman–Crippen MR) is 84.2 cm³/mol. The van der Waals surface area contributed by atoms with Crippen molar-refractivity contribution >= 4 is 27.5 Å². The first-order valence-electron chi connectivity index (χ1n) is 6.06. The van der Waals surface area contributed by atoms with Crippen molar-refractivity contribution in [2.24, 2.45) is 0 Å². The predicted octanol–water partition coefficient (Wildman–Crippen LogP) is 4.22. The third-order valence-electron chi connectivity index (χ3n) is 2.92. The van der Waals surface area contributed by atoms with Gasteiger partial charge in [0.15, 0.2) is 11.0 Å². The first kappa shape index (κ1) is 13.8. The maximum absolute atomic E-state index is 9.35. The molecule has 2 heterocycles. The molecule has 102 valence electrons. The Balaban J connectivity index is 2.19. The van der Waals surface area contributed by atoms with E-state index in [1.807, 2.05) is 36.4 Å². The first-order valence-corrected chi connectivity index (χ1v) is 7.24. The number of aromatic nitrogens is 3. The molecule has 0 fully saturated rings. The summed E-state index contributed by atoms with van der Waals surface area (Å²) in [7, 11) is 0. The molecule has 0 unspecified atom stereocenters. The molecule has 0 saturated heterocycles. The molecule has 1 aromatic carbocycles. The number of hydrogen-bond donors (Lipinski definition) is 0. The molecule has 0 amide bonds. The zero-order valence-corrected chi connectivity index (χ0v) is 13.0. The summed E-state index contributed by atoms with van der Waals surface area (Å²) in [6, 6.07) is 15.2. The van der Waals surface area contributed by atoms with Crippen molar-refractivity contribution in [3.63, 3.8) is 0 Å². The molecule has 3 rings (SSSR count). The van der Waals surface area contributed by atoms with E-state index >= 15 is 0 Å². The largest absolute Gasteiger partial charge is 0.236 e. The maximum atomic E-state index is 9.35. The van der Waals surface area contributed by atoms with E-state index in [1.54, 1.807) is 12.3 Å². The average molecular weight is 360 g/mol. The third kappa shape index (κ3) is 2.56. The highest BCUT2D eigenvalue weighted by molar-refractivity contribution is 9.10. The molecule has 0 aliphatic carbocycles. The molecule has 6 heteroatoms. The van der Waals surface area contributed by atoms with Gasteiger partial charge < -0.3 is 0 Å². The molecule has 0 radical (unpaired) electrons. The van der Waals surface area contributed by atoms with Crippen LogP contribution in [0.15, 0.2) is 53.1 Å². The zero-order chi connectivity index (χ0) is 14.8. The lowest BCUT2D eigenvalue weighted by Gasteiger charge is -2.01. The summed E-state index contributed by atoms with van der Waals surface area (Å²) in [6.45, 7) is 0. The summed E-state index contributed by atoms with van der Waals surface area (Å²) in [5.41, 5.74) is 1.73. The quantitative estimate of drug-likeness (QED) is 0.688. The summed E-state index contributed by atoms with van der Waals surface area (Å²) >= 11 is 9.61. The van der Waals surface area contributed by atoms with Gasteiger partial charge in [0.05, 0.1) is 0 Å². The van der Waals surface area contributed by atoms with Crippen molar-refractivity contribution in [3.8, 4) is 23.1 Å². The Hall–Kier alpha value is -2.16. The van der Waals surface area contributed by atoms with Crippen LogP contribution < -0.4 is 0 Å². The summed E-state index contributed by atoms with van der Waals surface area (Å²) in [4.78, 5) is 4.25. The van der Waals surface area contributed by atoms with E-state index in [-0.39, 0.29) is 5.15 Å². The summed E-state index contributed by atoms with van der Waals surface area (Å²) in [6.07, 6.45) is 1.65. The lowest BCUT2D eigenvalue weighted by atomic mass is 10.1. The van der Waals surface area contributed by atoms with Gasteiger partial charge in [0.1, 0.15) is 17.3 Å². The highest BCUT2D eigenvalue weighted by atomic mass is 79.9. The third-order valence-corrected chi connectivity index (χ3v) is 3.74. The van der Waals surface area contributed by atoms with E-state index in [1.165, 1.54) is 4.68 Å². The smallest absolute Gasteiger partial charge is 0.155 e. The molecular formula is C15H8BrClN4. The van der Waals surface area contributed by atoms with Crippen LogP contribution in [0.4, 0.5) is 0 Å². The van der Waals surface area contributed by atoms with Gasteiger partial charge in [-0.05, 0) is 28.1 Å². The van der Waals surface area contributed by atoms with Crippen LogP contribution in [0.2, 0.25) is 5.15 Å². The van der Waals surface area contributed by atoms with Gasteiger partial charge in [-0.3, -0.25) is 0 Å². The Kier molecular flexibility index (Phi) is 3.74. The van der Waals surface area contributed by atoms with Crippen LogP contribution in [0, 0.1) is 11.3 Å². The Labute approximate surface area is 134 Å². The van der Waals surface area contributed by atoms with Crippen molar-refractivity contribution < 1.29 is 0 Å². The van der Waals surface area contributed by atoms with Crippen molar-refractivity contribution in [1.29, 1.82) is 5.26 Å². The van der Waals surface area contributed by atoms with Crippen LogP contribution in [0.5, 0.6) is 0 Å². The lowest BCUT2D eigenvalue weighted by molar-refractivity contribution is 0.850. The molecule has 0 aliphatic rings. The molecule has 4 nitrogen and oxygen atoms in total. The molecule has 0 bridgehead atoms. The number of halogens is 2. The van der Waals surface area contributed by atoms with Gasteiger partial charge in [0, 0.05) is 16.2 Å². The SMILES string of the molecule is N#Cc1c(-c2ccccc2)nn(-c2ccc(Br)cn2)c1Cl. The molecular weight excluding hydrogens is 352 g/mol. The normalized spacial score (nSPS) is 10.3. The van der Waals surface area contributed by atoms with E-state index < -0.39 is 0 Å². The van der Waals surface area contributed by atoms with Gasteiger partial charge in [0.2, 0.25) is 0 Å². The van der Waals surface area contributed by atoms with E-state index in [9.17, 15) is 5.26 Å². The topological polar surface area (TPSA) is 54.5 Å². The second-order valence-corrected chi connectivity index (χ2v) is 5.51. The van der Waals surface area contributed by atoms with Crippen LogP contribution in [0.1, 0.15) is 5.56 Å². The molecule has 3 aromatic rings. The van der Waals surface area contributed by atoms with E-state index in [2.05, 4.69) is 32.1 Å². The minimum Gasteiger partial charge on any atom is -0.236 e. The average Bonchev–Trinajstić information content (AvgIpc) is 2.86. The molecule has 0 N–H and O–H groups in total. The number of nitriles is 1. The number of pyridine rings is 1. The lowest BCUT2D eigenvalue weighted by Crippen LogP contribution is -1.99. The Morgan fingerprint density at radius 2 is 1.90 bits per heavy atom. The van der Waals surface area contributed by atoms with Crippen LogP contribution in [-0.4, -0.2) is 14.8 Å². The van der Waals surface area contributed by atoms with Crippen LogP contribution in [-0.2, 0) is 0 Å². The van der Waals surface area contributed by atoms with E-state index in [4.69, 9.17) is 11.6 Å². The van der Waals surface area contributed by atoms with Gasteiger partial charge in [-0.2, -0.15) is 10.4 Å². The van der Waals surface area contributed by atoms with Gasteiger partial charge in [0.25, 0.3) is 0 Å². The molecule has 0 spiro atoms. The fourth-order valence-corrected chi connectivity index (χ4v) is 2.43. The first-order chi connectivity index (χ1) is 10.2. The highest BCUT2D eigenvalue weighted by Crippen LogP contribution is 2.29. The Bertz CT molecular complexity index is 819. The monoisotopic (exact) mass is 358 g/mol. The van der Waals surface area contributed by atoms with Crippen LogP contribution in [0.25, 0.3) is 17.1 Å². The van der Waals surface area contributed by atoms with Crippen molar-refractivity contribution in [3.05, 3.63) is 63.9 Å². The Morgan fingerprint density at radius 1 is 1.14 bits per heavy atom. The van der Waals surface area contributed by atoms with Gasteiger partial charge in [-0.25, -0.2) is 9.67 Å². The number of benzene rings is 1. The number of hydrogen-bond acceptors (Lipinski definition) is 3. The zero-order valence-electron chi connectivity index (χ0n) is 10.7. The molecule has 0 saturated carbocycles. The fourth-order valence-electron chi connectivity index (χ4n) is 1.94. The number of nitrogens with zero attached hydrogens (tertiary/aromatic N) is 4. The minimum absolute atomic E-state index is 0.256. The number of rotatable bonds is 2. The van der Waals surface area contributed by atoms with Gasteiger partial charge in [-0.1, -0.05) is 41.9 Å². The second-order valence-electron chi connectivity index (χ2n) is 4.24. The van der Waals surface area contributed by atoms with Crippen LogP contribution >= 0.6 is 27.5 Å². The molecule has 0 atom stereocenters. The van der Waals surface area contributed by atoms with Crippen molar-refractivity contribution in [1.82, 2.24) is 14.8 Å². The Morgan fingerprint density at radius 3 is 2.52 bits per heavy atom. The summed E-state index contributed by atoms with van der Waals surface area (Å²) < 4.78 is 2.33. The second kappa shape index (κ2) is 5.68. The summed E-state index contributed by atoms with van der Waals surface area (Å²) in [5, 5.41) is 14.0. The van der Waals surface area contributed by atoms with Crippen molar-refractivity contribution in [2.75, 3.05) is 0 Å².